The van der Waals surface area contributed by atoms with E-state index < -0.39 is 0 Å². The highest BCUT2D eigenvalue weighted by Crippen LogP contribution is 2.31. The van der Waals surface area contributed by atoms with Gasteiger partial charge in [-0.25, -0.2) is 4.98 Å². The van der Waals surface area contributed by atoms with Gasteiger partial charge in [-0.15, -0.1) is 0 Å². The molecule has 4 nitrogen and oxygen atoms in total. The summed E-state index contributed by atoms with van der Waals surface area (Å²) in [4.78, 5) is 7.17. The van der Waals surface area contributed by atoms with Crippen LogP contribution in [0.4, 0.5) is 5.82 Å². The molecule has 1 saturated heterocycles. The van der Waals surface area contributed by atoms with Crippen LogP contribution in [0.1, 0.15) is 44.6 Å². The third-order valence-corrected chi connectivity index (χ3v) is 4.59. The Kier molecular flexibility index (Phi) is 5.09. The molecule has 2 atom stereocenters. The monoisotopic (exact) mass is 289 g/mol. The molecule has 1 N–H and O–H groups in total. The number of pyridine rings is 1. The van der Waals surface area contributed by atoms with Crippen molar-refractivity contribution in [1.82, 2.24) is 10.3 Å². The van der Waals surface area contributed by atoms with Crippen LogP contribution in [0.2, 0.25) is 0 Å². The molecule has 0 aromatic carbocycles. The fourth-order valence-corrected chi connectivity index (χ4v) is 3.48. The quantitative estimate of drug-likeness (QED) is 0.846. The van der Waals surface area contributed by atoms with E-state index in [0.717, 1.165) is 32.1 Å². The van der Waals surface area contributed by atoms with Gasteiger partial charge in [-0.05, 0) is 37.4 Å². The molecule has 2 aliphatic rings. The number of hydrogen-bond donors (Lipinski definition) is 1. The molecule has 1 aliphatic heterocycles. The summed E-state index contributed by atoms with van der Waals surface area (Å²) >= 11 is 0. The topological polar surface area (TPSA) is 37.4 Å². The van der Waals surface area contributed by atoms with Gasteiger partial charge in [0, 0.05) is 19.3 Å². The molecular weight excluding hydrogens is 262 g/mol. The molecule has 116 valence electrons. The zero-order valence-corrected chi connectivity index (χ0v) is 13.1. The molecule has 0 spiro atoms. The number of nitrogens with one attached hydrogen (secondary N) is 1. The second kappa shape index (κ2) is 7.23. The molecule has 0 radical (unpaired) electrons. The smallest absolute Gasteiger partial charge is 0.128 e. The first-order valence-corrected chi connectivity index (χ1v) is 8.42. The Labute approximate surface area is 127 Å². The van der Waals surface area contributed by atoms with E-state index >= 15 is 0 Å². The van der Waals surface area contributed by atoms with E-state index in [0.29, 0.717) is 12.1 Å². The summed E-state index contributed by atoms with van der Waals surface area (Å²) in [7, 11) is 0. The number of hydrogen-bond acceptors (Lipinski definition) is 4. The first-order valence-electron chi connectivity index (χ1n) is 8.42. The third-order valence-electron chi connectivity index (χ3n) is 4.59. The van der Waals surface area contributed by atoms with Gasteiger partial charge in [0.2, 0.25) is 0 Å². The van der Waals surface area contributed by atoms with E-state index in [1.807, 2.05) is 6.20 Å². The Morgan fingerprint density at radius 3 is 3.05 bits per heavy atom. The van der Waals surface area contributed by atoms with Gasteiger partial charge in [0.1, 0.15) is 5.82 Å². The number of aromatic nitrogens is 1. The minimum Gasteiger partial charge on any atom is -0.374 e. The van der Waals surface area contributed by atoms with E-state index in [9.17, 15) is 0 Å². The summed E-state index contributed by atoms with van der Waals surface area (Å²) in [5.41, 5.74) is 1.26. The van der Waals surface area contributed by atoms with Gasteiger partial charge in [-0.3, -0.25) is 0 Å². The molecular formula is C17H27N3O. The van der Waals surface area contributed by atoms with E-state index in [1.54, 1.807) is 0 Å². The Hall–Kier alpha value is -1.13. The number of nitrogens with zero attached hydrogens (tertiary/aromatic N) is 2. The minimum atomic E-state index is 0.417. The average Bonchev–Trinajstić information content (AvgIpc) is 2.55. The normalized spacial score (nSPS) is 25.7. The third kappa shape index (κ3) is 3.55. The maximum atomic E-state index is 5.94. The van der Waals surface area contributed by atoms with Crippen molar-refractivity contribution >= 4 is 5.82 Å². The molecule has 0 amide bonds. The van der Waals surface area contributed by atoms with Crippen LogP contribution < -0.4 is 10.2 Å². The van der Waals surface area contributed by atoms with Gasteiger partial charge in [-0.1, -0.05) is 25.8 Å². The van der Waals surface area contributed by atoms with E-state index in [4.69, 9.17) is 9.72 Å². The summed E-state index contributed by atoms with van der Waals surface area (Å²) in [6.07, 6.45) is 8.69. The Morgan fingerprint density at radius 2 is 2.24 bits per heavy atom. The molecule has 3 rings (SSSR count). The van der Waals surface area contributed by atoms with Crippen molar-refractivity contribution < 1.29 is 4.74 Å². The maximum Gasteiger partial charge on any atom is 0.128 e. The van der Waals surface area contributed by atoms with Gasteiger partial charge in [0.05, 0.1) is 18.8 Å². The van der Waals surface area contributed by atoms with Gasteiger partial charge in [-0.2, -0.15) is 0 Å². The lowest BCUT2D eigenvalue weighted by molar-refractivity contribution is -0.00898. The van der Waals surface area contributed by atoms with Crippen LogP contribution in [-0.2, 0) is 11.3 Å². The summed E-state index contributed by atoms with van der Waals surface area (Å²) < 4.78 is 5.94. The highest BCUT2D eigenvalue weighted by Gasteiger charge is 2.34. The summed E-state index contributed by atoms with van der Waals surface area (Å²) in [5.74, 6) is 1.12. The molecule has 2 fully saturated rings. The standard InChI is InChI=1S/C17H27N3O/c1-2-9-18-12-14-7-8-17(19-13-14)20-10-11-21-16-6-4-3-5-15(16)20/h7-8,13,15-16,18H,2-6,9-12H2,1H3. The molecule has 21 heavy (non-hydrogen) atoms. The fourth-order valence-electron chi connectivity index (χ4n) is 3.48. The van der Waals surface area contributed by atoms with Crippen LogP contribution >= 0.6 is 0 Å². The second-order valence-corrected chi connectivity index (χ2v) is 6.16. The largest absolute Gasteiger partial charge is 0.374 e. The van der Waals surface area contributed by atoms with Crippen molar-refractivity contribution in [3.63, 3.8) is 0 Å². The first kappa shape index (κ1) is 14.8. The summed E-state index contributed by atoms with van der Waals surface area (Å²) in [5, 5.41) is 3.42. The predicted octanol–water partition coefficient (Wildman–Crippen LogP) is 2.73. The highest BCUT2D eigenvalue weighted by atomic mass is 16.5. The second-order valence-electron chi connectivity index (χ2n) is 6.16. The Morgan fingerprint density at radius 1 is 1.33 bits per heavy atom. The van der Waals surface area contributed by atoms with Crippen LogP contribution in [0.3, 0.4) is 0 Å². The number of ether oxygens (including phenoxy) is 1. The van der Waals surface area contributed by atoms with E-state index in [1.165, 1.54) is 37.7 Å². The van der Waals surface area contributed by atoms with Gasteiger partial charge >= 0.3 is 0 Å². The molecule has 1 aromatic rings. The van der Waals surface area contributed by atoms with Crippen LogP contribution in [0.25, 0.3) is 0 Å². The number of rotatable bonds is 5. The molecule has 4 heteroatoms. The fraction of sp³-hybridized carbons (Fsp3) is 0.706. The van der Waals surface area contributed by atoms with E-state index in [-0.39, 0.29) is 0 Å². The average molecular weight is 289 g/mol. The summed E-state index contributed by atoms with van der Waals surface area (Å²) in [6.45, 7) is 5.98. The molecule has 2 heterocycles. The minimum absolute atomic E-state index is 0.417. The number of morpholine rings is 1. The first-order chi connectivity index (χ1) is 10.4. The van der Waals surface area contributed by atoms with Crippen LogP contribution in [0.15, 0.2) is 18.3 Å². The number of fused-ring (bicyclic) bond motifs is 1. The zero-order valence-electron chi connectivity index (χ0n) is 13.1. The Balaban J connectivity index is 1.65. The van der Waals surface area contributed by atoms with Crippen molar-refractivity contribution in [2.45, 2.75) is 57.7 Å². The van der Waals surface area contributed by atoms with Crippen molar-refractivity contribution in [3.8, 4) is 0 Å². The molecule has 1 aliphatic carbocycles. The van der Waals surface area contributed by atoms with E-state index in [2.05, 4.69) is 29.3 Å². The maximum absolute atomic E-state index is 5.94. The Bertz CT molecular complexity index is 432. The lowest BCUT2D eigenvalue weighted by Gasteiger charge is -2.44. The molecule has 1 aromatic heterocycles. The molecule has 2 unspecified atom stereocenters. The summed E-state index contributed by atoms with van der Waals surface area (Å²) in [6, 6.07) is 4.92. The van der Waals surface area contributed by atoms with Gasteiger partial charge in [0.15, 0.2) is 0 Å². The SMILES string of the molecule is CCCNCc1ccc(N2CCOC3CCCCC32)nc1. The predicted molar refractivity (Wildman–Crippen MR) is 85.6 cm³/mol. The lowest BCUT2D eigenvalue weighted by atomic mass is 9.90. The van der Waals surface area contributed by atoms with Crippen molar-refractivity contribution in [1.29, 1.82) is 0 Å². The van der Waals surface area contributed by atoms with Crippen LogP contribution in [0, 0.1) is 0 Å². The van der Waals surface area contributed by atoms with Crippen molar-refractivity contribution in [2.24, 2.45) is 0 Å². The van der Waals surface area contributed by atoms with Gasteiger partial charge in [0.25, 0.3) is 0 Å². The molecule has 1 saturated carbocycles. The van der Waals surface area contributed by atoms with Gasteiger partial charge < -0.3 is 15.0 Å². The van der Waals surface area contributed by atoms with Crippen LogP contribution in [-0.4, -0.2) is 36.8 Å². The van der Waals surface area contributed by atoms with Crippen molar-refractivity contribution in [2.75, 3.05) is 24.6 Å². The van der Waals surface area contributed by atoms with Crippen LogP contribution in [0.5, 0.6) is 0 Å². The zero-order chi connectivity index (χ0) is 14.5. The van der Waals surface area contributed by atoms with Crippen molar-refractivity contribution in [3.05, 3.63) is 23.9 Å². The lowest BCUT2D eigenvalue weighted by Crippen LogP contribution is -2.53. The number of anilines is 1. The molecule has 0 bridgehead atoms. The highest BCUT2D eigenvalue weighted by molar-refractivity contribution is 5.41.